The second-order valence-electron chi connectivity index (χ2n) is 8.73. The quantitative estimate of drug-likeness (QED) is 0.498. The summed E-state index contributed by atoms with van der Waals surface area (Å²) in [6.07, 6.45) is 3.71. The SMILES string of the molecule is [C-]#[N+]CN1CC(c2ccc3[nH]c(-c4cn5ncnc5c(C)c4C)c(C(C)C)c3c2)C1. The van der Waals surface area contributed by atoms with E-state index in [1.165, 1.54) is 38.9 Å². The summed E-state index contributed by atoms with van der Waals surface area (Å²) in [5.74, 6) is 0.903. The van der Waals surface area contributed by atoms with E-state index in [0.29, 0.717) is 18.5 Å². The van der Waals surface area contributed by atoms with Gasteiger partial charge in [-0.1, -0.05) is 19.9 Å². The van der Waals surface area contributed by atoms with Crippen LogP contribution in [0.15, 0.2) is 30.7 Å². The molecular weight excluding hydrogens is 372 g/mol. The molecule has 152 valence electrons. The van der Waals surface area contributed by atoms with Crippen molar-refractivity contribution in [1.82, 2.24) is 24.5 Å². The second-order valence-corrected chi connectivity index (χ2v) is 8.73. The van der Waals surface area contributed by atoms with Crippen LogP contribution in [-0.2, 0) is 0 Å². The summed E-state index contributed by atoms with van der Waals surface area (Å²) in [6, 6.07) is 6.82. The van der Waals surface area contributed by atoms with Crippen molar-refractivity contribution in [1.29, 1.82) is 0 Å². The Hall–Kier alpha value is -3.17. The lowest BCUT2D eigenvalue weighted by Gasteiger charge is -2.35. The van der Waals surface area contributed by atoms with Crippen LogP contribution in [-0.4, -0.2) is 44.2 Å². The zero-order valence-electron chi connectivity index (χ0n) is 17.9. The Morgan fingerprint density at radius 1 is 1.23 bits per heavy atom. The van der Waals surface area contributed by atoms with Gasteiger partial charge >= 0.3 is 0 Å². The van der Waals surface area contributed by atoms with Gasteiger partial charge in [0, 0.05) is 41.7 Å². The molecule has 0 radical (unpaired) electrons. The topological polar surface area (TPSA) is 53.6 Å². The van der Waals surface area contributed by atoms with Crippen LogP contribution in [0.2, 0.25) is 0 Å². The largest absolute Gasteiger partial charge is 0.354 e. The number of fused-ring (bicyclic) bond motifs is 2. The van der Waals surface area contributed by atoms with Crippen LogP contribution in [0.5, 0.6) is 0 Å². The molecule has 0 spiro atoms. The summed E-state index contributed by atoms with van der Waals surface area (Å²) in [5, 5.41) is 5.68. The number of hydrogen-bond donors (Lipinski definition) is 1. The lowest BCUT2D eigenvalue weighted by Crippen LogP contribution is -2.44. The van der Waals surface area contributed by atoms with Crippen molar-refractivity contribution in [2.75, 3.05) is 19.8 Å². The molecule has 0 saturated carbocycles. The highest BCUT2D eigenvalue weighted by molar-refractivity contribution is 5.92. The molecule has 5 rings (SSSR count). The normalized spacial score (nSPS) is 15.2. The Morgan fingerprint density at radius 2 is 2.03 bits per heavy atom. The molecule has 3 aromatic heterocycles. The van der Waals surface area contributed by atoms with E-state index in [4.69, 9.17) is 6.57 Å². The number of pyridine rings is 1. The van der Waals surface area contributed by atoms with E-state index in [9.17, 15) is 0 Å². The number of rotatable bonds is 4. The fourth-order valence-electron chi connectivity index (χ4n) is 4.75. The van der Waals surface area contributed by atoms with Gasteiger partial charge in [-0.25, -0.2) is 21.0 Å². The smallest absolute Gasteiger partial charge is 0.270 e. The highest BCUT2D eigenvalue weighted by Gasteiger charge is 2.30. The number of likely N-dealkylation sites (tertiary alicyclic amines) is 1. The summed E-state index contributed by atoms with van der Waals surface area (Å²) in [6.45, 7) is 18.3. The average molecular weight is 399 g/mol. The van der Waals surface area contributed by atoms with Crippen LogP contribution >= 0.6 is 0 Å². The first kappa shape index (κ1) is 18.8. The standard InChI is InChI=1S/C24H26N6/c1-14(2)22-19-8-17(18-9-29(10-18)13-25-5)6-7-21(19)28-23(22)20-11-30-24(26-12-27-30)16(4)15(20)3/h6-8,11-12,14,18,28H,9-10,13H2,1-4H3. The summed E-state index contributed by atoms with van der Waals surface area (Å²) in [7, 11) is 0. The predicted octanol–water partition coefficient (Wildman–Crippen LogP) is 4.89. The fraction of sp³-hybridized carbons (Fsp3) is 0.375. The highest BCUT2D eigenvalue weighted by Crippen LogP contribution is 2.39. The molecule has 4 aromatic rings. The first-order chi connectivity index (χ1) is 14.5. The van der Waals surface area contributed by atoms with Gasteiger partial charge in [0.2, 0.25) is 0 Å². The fourth-order valence-corrected chi connectivity index (χ4v) is 4.75. The molecule has 30 heavy (non-hydrogen) atoms. The maximum atomic E-state index is 7.05. The van der Waals surface area contributed by atoms with Crippen molar-refractivity contribution in [3.8, 4) is 11.3 Å². The number of benzene rings is 1. The van der Waals surface area contributed by atoms with Gasteiger partial charge in [0.25, 0.3) is 6.67 Å². The molecule has 6 nitrogen and oxygen atoms in total. The Labute approximate surface area is 176 Å². The van der Waals surface area contributed by atoms with E-state index in [0.717, 1.165) is 24.3 Å². The number of aromatic amines is 1. The van der Waals surface area contributed by atoms with Gasteiger partial charge in [0.15, 0.2) is 5.65 Å². The number of nitrogens with one attached hydrogen (secondary N) is 1. The predicted molar refractivity (Wildman–Crippen MR) is 120 cm³/mol. The van der Waals surface area contributed by atoms with Gasteiger partial charge in [0.05, 0.1) is 5.69 Å². The molecule has 4 heterocycles. The molecule has 0 atom stereocenters. The third-order valence-corrected chi connectivity index (χ3v) is 6.54. The molecule has 1 aliphatic rings. The van der Waals surface area contributed by atoms with Crippen LogP contribution in [0.4, 0.5) is 0 Å². The van der Waals surface area contributed by atoms with E-state index >= 15 is 0 Å². The van der Waals surface area contributed by atoms with Crippen LogP contribution in [0.3, 0.4) is 0 Å². The molecule has 1 N–H and O–H groups in total. The summed E-state index contributed by atoms with van der Waals surface area (Å²) in [4.78, 5) is 13.8. The number of aromatic nitrogens is 4. The Bertz CT molecular complexity index is 1300. The molecule has 0 unspecified atom stereocenters. The molecule has 6 heteroatoms. The minimum absolute atomic E-state index is 0.384. The summed E-state index contributed by atoms with van der Waals surface area (Å²) in [5.41, 5.74) is 9.56. The molecule has 1 saturated heterocycles. The van der Waals surface area contributed by atoms with Gasteiger partial charge in [0.1, 0.15) is 6.33 Å². The summed E-state index contributed by atoms with van der Waals surface area (Å²) >= 11 is 0. The Kier molecular flexibility index (Phi) is 4.37. The monoisotopic (exact) mass is 398 g/mol. The summed E-state index contributed by atoms with van der Waals surface area (Å²) < 4.78 is 1.87. The number of H-pyrrole nitrogens is 1. The van der Waals surface area contributed by atoms with Crippen molar-refractivity contribution >= 4 is 16.6 Å². The zero-order chi connectivity index (χ0) is 21.0. The third-order valence-electron chi connectivity index (χ3n) is 6.54. The van der Waals surface area contributed by atoms with Gasteiger partial charge < -0.3 is 4.98 Å². The van der Waals surface area contributed by atoms with Crippen molar-refractivity contribution in [3.05, 3.63) is 64.4 Å². The molecule has 1 aromatic carbocycles. The van der Waals surface area contributed by atoms with Gasteiger partial charge in [-0.2, -0.15) is 5.10 Å². The maximum absolute atomic E-state index is 7.05. The van der Waals surface area contributed by atoms with Crippen molar-refractivity contribution in [3.63, 3.8) is 0 Å². The van der Waals surface area contributed by atoms with E-state index in [2.05, 4.69) is 76.9 Å². The first-order valence-electron chi connectivity index (χ1n) is 10.5. The maximum Gasteiger partial charge on any atom is 0.270 e. The number of aryl methyl sites for hydroxylation is 1. The van der Waals surface area contributed by atoms with Crippen LogP contribution in [0.1, 0.15) is 47.9 Å². The average Bonchev–Trinajstić information content (AvgIpc) is 3.30. The van der Waals surface area contributed by atoms with Crippen molar-refractivity contribution < 1.29 is 0 Å². The third kappa shape index (κ3) is 2.81. The highest BCUT2D eigenvalue weighted by atomic mass is 15.3. The molecule has 0 amide bonds. The number of nitrogens with zero attached hydrogens (tertiary/aromatic N) is 5. The van der Waals surface area contributed by atoms with Crippen molar-refractivity contribution in [2.45, 2.75) is 39.5 Å². The molecule has 0 aliphatic carbocycles. The van der Waals surface area contributed by atoms with Gasteiger partial charge in [-0.05, 0) is 54.2 Å². The van der Waals surface area contributed by atoms with Crippen molar-refractivity contribution in [2.24, 2.45) is 0 Å². The van der Waals surface area contributed by atoms with Crippen LogP contribution in [0, 0.1) is 20.4 Å². The van der Waals surface area contributed by atoms with Gasteiger partial charge in [-0.3, -0.25) is 4.85 Å². The first-order valence-corrected chi connectivity index (χ1v) is 10.5. The molecule has 0 bridgehead atoms. The molecule has 1 aliphatic heterocycles. The van der Waals surface area contributed by atoms with Crippen LogP contribution < -0.4 is 0 Å². The zero-order valence-corrected chi connectivity index (χ0v) is 17.9. The minimum Gasteiger partial charge on any atom is -0.354 e. The second kappa shape index (κ2) is 6.96. The minimum atomic E-state index is 0.384. The van der Waals surface area contributed by atoms with E-state index in [1.807, 2.05) is 4.52 Å². The Balaban J connectivity index is 1.64. The van der Waals surface area contributed by atoms with Crippen LogP contribution in [0.25, 0.3) is 32.7 Å². The number of hydrogen-bond acceptors (Lipinski definition) is 3. The lowest BCUT2D eigenvalue weighted by molar-refractivity contribution is 0.166. The lowest BCUT2D eigenvalue weighted by atomic mass is 9.89. The molecule has 1 fully saturated rings. The van der Waals surface area contributed by atoms with E-state index < -0.39 is 0 Å². The Morgan fingerprint density at radius 3 is 2.77 bits per heavy atom. The van der Waals surface area contributed by atoms with E-state index in [1.54, 1.807) is 6.33 Å². The van der Waals surface area contributed by atoms with Gasteiger partial charge in [-0.15, -0.1) is 0 Å². The van der Waals surface area contributed by atoms with E-state index in [-0.39, 0.29) is 0 Å². The molecular formula is C24H26N6.